The van der Waals surface area contributed by atoms with Crippen LogP contribution < -0.4 is 0 Å². The van der Waals surface area contributed by atoms with Gasteiger partial charge in [0.05, 0.1) is 11.7 Å². The van der Waals surface area contributed by atoms with Crippen molar-refractivity contribution in [2.75, 3.05) is 0 Å². The van der Waals surface area contributed by atoms with Gasteiger partial charge in [-0.1, -0.05) is 15.9 Å². The molecular weight excluding hydrogens is 280 g/mol. The van der Waals surface area contributed by atoms with Crippen molar-refractivity contribution in [3.05, 3.63) is 53.3 Å². The highest BCUT2D eigenvalue weighted by Gasteiger charge is 2.06. The first-order valence-electron chi connectivity index (χ1n) is 5.16. The van der Waals surface area contributed by atoms with Crippen molar-refractivity contribution in [2.24, 2.45) is 0 Å². The van der Waals surface area contributed by atoms with E-state index in [1.165, 1.54) is 0 Å². The highest BCUT2D eigenvalue weighted by Crippen LogP contribution is 2.23. The number of hydrogen-bond donors (Lipinski definition) is 1. The van der Waals surface area contributed by atoms with E-state index in [0.717, 1.165) is 21.4 Å². The van der Waals surface area contributed by atoms with E-state index in [4.69, 9.17) is 0 Å². The average Bonchev–Trinajstić information content (AvgIpc) is 2.73. The number of rotatable bonds is 1. The molecule has 0 atom stereocenters. The third-order valence-electron chi connectivity index (χ3n) is 2.62. The molecule has 3 nitrogen and oxygen atoms in total. The van der Waals surface area contributed by atoms with Gasteiger partial charge >= 0.3 is 0 Å². The first-order valence-corrected chi connectivity index (χ1v) is 5.95. The number of imidazole rings is 1. The topological polar surface area (TPSA) is 37.5 Å². The van der Waals surface area contributed by atoms with Crippen LogP contribution in [-0.4, -0.2) is 14.5 Å². The maximum Gasteiger partial charge on any atom is 0.144 e. The van der Waals surface area contributed by atoms with Crippen LogP contribution in [-0.2, 0) is 0 Å². The van der Waals surface area contributed by atoms with Gasteiger partial charge < -0.3 is 5.11 Å². The fourth-order valence-corrected chi connectivity index (χ4v) is 2.15. The molecule has 0 aliphatic heterocycles. The standard InChI is InChI=1S/C13H9BrN2O/c14-10-5-6-16-11(7-10)8-15-13(16)9-1-3-12(17)4-2-9/h1-8,17H. The number of phenols is 1. The second kappa shape index (κ2) is 3.89. The molecule has 2 aromatic heterocycles. The minimum Gasteiger partial charge on any atom is -0.508 e. The van der Waals surface area contributed by atoms with Crippen molar-refractivity contribution in [2.45, 2.75) is 0 Å². The molecule has 4 heteroatoms. The quantitative estimate of drug-likeness (QED) is 0.744. The summed E-state index contributed by atoms with van der Waals surface area (Å²) in [7, 11) is 0. The molecule has 0 saturated carbocycles. The van der Waals surface area contributed by atoms with E-state index in [2.05, 4.69) is 20.9 Å². The summed E-state index contributed by atoms with van der Waals surface area (Å²) < 4.78 is 3.04. The monoisotopic (exact) mass is 288 g/mol. The molecule has 3 rings (SSSR count). The Bertz CT molecular complexity index is 673. The number of fused-ring (bicyclic) bond motifs is 1. The Kier molecular flexibility index (Phi) is 2.37. The summed E-state index contributed by atoms with van der Waals surface area (Å²) in [5, 5.41) is 9.27. The summed E-state index contributed by atoms with van der Waals surface area (Å²) in [6, 6.07) is 11.0. The highest BCUT2D eigenvalue weighted by atomic mass is 79.9. The number of nitrogens with zero attached hydrogens (tertiary/aromatic N) is 2. The molecule has 0 aliphatic rings. The zero-order valence-electron chi connectivity index (χ0n) is 8.84. The molecule has 17 heavy (non-hydrogen) atoms. The minimum absolute atomic E-state index is 0.261. The number of pyridine rings is 1. The molecule has 1 N–H and O–H groups in total. The molecule has 2 heterocycles. The summed E-state index contributed by atoms with van der Waals surface area (Å²) in [6.45, 7) is 0. The molecule has 1 aromatic carbocycles. The summed E-state index contributed by atoms with van der Waals surface area (Å²) in [5.41, 5.74) is 2.01. The summed E-state index contributed by atoms with van der Waals surface area (Å²) in [6.07, 6.45) is 3.79. The van der Waals surface area contributed by atoms with Gasteiger partial charge in [-0.15, -0.1) is 0 Å². The maximum absolute atomic E-state index is 9.27. The fraction of sp³-hybridized carbons (Fsp3) is 0. The van der Waals surface area contributed by atoms with Crippen LogP contribution >= 0.6 is 15.9 Å². The van der Waals surface area contributed by atoms with Gasteiger partial charge in [0.2, 0.25) is 0 Å². The maximum atomic E-state index is 9.27. The Morgan fingerprint density at radius 3 is 2.65 bits per heavy atom. The van der Waals surface area contributed by atoms with Crippen molar-refractivity contribution in [3.63, 3.8) is 0 Å². The highest BCUT2D eigenvalue weighted by molar-refractivity contribution is 9.10. The minimum atomic E-state index is 0.261. The Morgan fingerprint density at radius 2 is 1.88 bits per heavy atom. The van der Waals surface area contributed by atoms with Crippen LogP contribution in [0.3, 0.4) is 0 Å². The smallest absolute Gasteiger partial charge is 0.144 e. The molecule has 84 valence electrons. The summed E-state index contributed by atoms with van der Waals surface area (Å²) in [4.78, 5) is 4.40. The summed E-state index contributed by atoms with van der Waals surface area (Å²) in [5.74, 6) is 1.13. The third kappa shape index (κ3) is 1.80. The van der Waals surface area contributed by atoms with Crippen LogP contribution in [0.2, 0.25) is 0 Å². The van der Waals surface area contributed by atoms with Crippen molar-refractivity contribution in [1.29, 1.82) is 0 Å². The van der Waals surface area contributed by atoms with E-state index < -0.39 is 0 Å². The van der Waals surface area contributed by atoms with Crippen molar-refractivity contribution >= 4 is 21.4 Å². The molecular formula is C13H9BrN2O. The molecule has 0 amide bonds. The lowest BCUT2D eigenvalue weighted by molar-refractivity contribution is 0.475. The van der Waals surface area contributed by atoms with Crippen molar-refractivity contribution < 1.29 is 5.11 Å². The van der Waals surface area contributed by atoms with E-state index in [0.29, 0.717) is 0 Å². The first kappa shape index (κ1) is 10.4. The van der Waals surface area contributed by atoms with Crippen LogP contribution in [0.5, 0.6) is 5.75 Å². The molecule has 0 saturated heterocycles. The van der Waals surface area contributed by atoms with Gasteiger partial charge in [-0.25, -0.2) is 4.98 Å². The lowest BCUT2D eigenvalue weighted by Gasteiger charge is -2.02. The number of phenolic OH excluding ortho intramolecular Hbond substituents is 1. The number of aromatic nitrogens is 2. The first-order chi connectivity index (χ1) is 8.24. The second-order valence-electron chi connectivity index (χ2n) is 3.77. The van der Waals surface area contributed by atoms with Crippen LogP contribution in [0.25, 0.3) is 16.9 Å². The zero-order chi connectivity index (χ0) is 11.8. The van der Waals surface area contributed by atoms with Crippen LogP contribution in [0.4, 0.5) is 0 Å². The average molecular weight is 289 g/mol. The predicted octanol–water partition coefficient (Wildman–Crippen LogP) is 3.47. The lowest BCUT2D eigenvalue weighted by Crippen LogP contribution is -1.88. The van der Waals surface area contributed by atoms with Gasteiger partial charge in [0.15, 0.2) is 0 Å². The molecule has 0 spiro atoms. The van der Waals surface area contributed by atoms with Crippen molar-refractivity contribution in [3.8, 4) is 17.1 Å². The molecule has 0 unspecified atom stereocenters. The Balaban J connectivity index is 2.21. The third-order valence-corrected chi connectivity index (χ3v) is 3.11. The second-order valence-corrected chi connectivity index (χ2v) is 4.68. The van der Waals surface area contributed by atoms with Crippen LogP contribution in [0.1, 0.15) is 0 Å². The predicted molar refractivity (Wildman–Crippen MR) is 70.0 cm³/mol. The van der Waals surface area contributed by atoms with E-state index in [1.807, 2.05) is 41.1 Å². The van der Waals surface area contributed by atoms with Gasteiger partial charge in [0, 0.05) is 16.2 Å². The molecule has 0 aliphatic carbocycles. The lowest BCUT2D eigenvalue weighted by atomic mass is 10.2. The number of benzene rings is 1. The molecule has 0 fully saturated rings. The van der Waals surface area contributed by atoms with E-state index in [-0.39, 0.29) is 5.75 Å². The van der Waals surface area contributed by atoms with Gasteiger partial charge in [-0.05, 0) is 36.4 Å². The number of hydrogen-bond acceptors (Lipinski definition) is 2. The van der Waals surface area contributed by atoms with Gasteiger partial charge in [-0.2, -0.15) is 0 Å². The van der Waals surface area contributed by atoms with Crippen molar-refractivity contribution in [1.82, 2.24) is 9.38 Å². The van der Waals surface area contributed by atoms with Crippen LogP contribution in [0.15, 0.2) is 53.3 Å². The normalized spacial score (nSPS) is 10.9. The van der Waals surface area contributed by atoms with Gasteiger partial charge in [-0.3, -0.25) is 4.40 Å². The largest absolute Gasteiger partial charge is 0.508 e. The van der Waals surface area contributed by atoms with E-state index in [9.17, 15) is 5.11 Å². The zero-order valence-corrected chi connectivity index (χ0v) is 10.4. The van der Waals surface area contributed by atoms with Gasteiger partial charge in [0.1, 0.15) is 11.6 Å². The van der Waals surface area contributed by atoms with Crippen LogP contribution in [0, 0.1) is 0 Å². The van der Waals surface area contributed by atoms with E-state index in [1.54, 1.807) is 12.1 Å². The Labute approximate surface area is 106 Å². The molecule has 3 aromatic rings. The van der Waals surface area contributed by atoms with E-state index >= 15 is 0 Å². The SMILES string of the molecule is Oc1ccc(-c2ncc3cc(Br)ccn23)cc1. The Hall–Kier alpha value is -1.81. The number of aromatic hydroxyl groups is 1. The molecule has 0 radical (unpaired) electrons. The summed E-state index contributed by atoms with van der Waals surface area (Å²) >= 11 is 3.43. The fourth-order valence-electron chi connectivity index (χ4n) is 1.80. The Morgan fingerprint density at radius 1 is 1.12 bits per heavy atom. The van der Waals surface area contributed by atoms with Gasteiger partial charge in [0.25, 0.3) is 0 Å². The molecule has 0 bridgehead atoms. The number of halogens is 1.